The molecule has 6 heteroatoms. The highest BCUT2D eigenvalue weighted by atomic mass is 35.5. The maximum atomic E-state index is 11.2. The number of halogens is 1. The van der Waals surface area contributed by atoms with Gasteiger partial charge in [0.05, 0.1) is 17.8 Å². The van der Waals surface area contributed by atoms with Crippen LogP contribution in [-0.2, 0) is 10.0 Å². The van der Waals surface area contributed by atoms with E-state index in [0.29, 0.717) is 11.3 Å². The van der Waals surface area contributed by atoms with Crippen molar-refractivity contribution in [2.75, 3.05) is 23.5 Å². The highest BCUT2D eigenvalue weighted by Crippen LogP contribution is 2.16. The fraction of sp³-hybridized carbons (Fsp3) is 0.300. The van der Waals surface area contributed by atoms with Crippen molar-refractivity contribution >= 4 is 33.1 Å². The van der Waals surface area contributed by atoms with Gasteiger partial charge in [0, 0.05) is 12.6 Å². The van der Waals surface area contributed by atoms with E-state index in [1.807, 2.05) is 0 Å². The molecule has 0 amide bonds. The van der Waals surface area contributed by atoms with Gasteiger partial charge in [0.1, 0.15) is 0 Å². The van der Waals surface area contributed by atoms with E-state index in [0.717, 1.165) is 10.6 Å². The first-order chi connectivity index (χ1) is 7.36. The van der Waals surface area contributed by atoms with Gasteiger partial charge in [-0.2, -0.15) is 0 Å². The van der Waals surface area contributed by atoms with E-state index in [9.17, 15) is 13.2 Å². The summed E-state index contributed by atoms with van der Waals surface area (Å²) < 4.78 is 23.6. The third kappa shape index (κ3) is 2.96. The molecular weight excluding hydrogens is 250 g/mol. The third-order valence-corrected chi connectivity index (χ3v) is 3.62. The lowest BCUT2D eigenvalue weighted by Gasteiger charge is -2.16. The molecule has 0 aromatic heterocycles. The van der Waals surface area contributed by atoms with E-state index < -0.39 is 10.0 Å². The number of rotatable bonds is 4. The Labute approximate surface area is 99.9 Å². The zero-order chi connectivity index (χ0) is 12.3. The molecule has 0 heterocycles. The van der Waals surface area contributed by atoms with Crippen molar-refractivity contribution in [1.29, 1.82) is 0 Å². The maximum Gasteiger partial charge on any atom is 0.231 e. The maximum absolute atomic E-state index is 11.2. The molecule has 1 rings (SSSR count). The number of benzene rings is 1. The summed E-state index contributed by atoms with van der Waals surface area (Å²) in [7, 11) is -1.82. The molecule has 0 aliphatic rings. The Balaban J connectivity index is 3.00. The Morgan fingerprint density at radius 3 is 2.19 bits per heavy atom. The normalized spacial score (nSPS) is 11.2. The fourth-order valence-corrected chi connectivity index (χ4v) is 1.78. The number of sulfonamides is 1. The van der Waals surface area contributed by atoms with Crippen LogP contribution in [0.25, 0.3) is 0 Å². The molecule has 1 aromatic carbocycles. The van der Waals surface area contributed by atoms with Crippen LogP contribution in [0.2, 0.25) is 0 Å². The molecule has 0 saturated heterocycles. The summed E-state index contributed by atoms with van der Waals surface area (Å²) in [6, 6.07) is 6.26. The Kier molecular flexibility index (Phi) is 3.93. The van der Waals surface area contributed by atoms with Gasteiger partial charge in [0.15, 0.2) is 5.78 Å². The molecule has 1 aromatic rings. The van der Waals surface area contributed by atoms with Gasteiger partial charge in [0.25, 0.3) is 0 Å². The number of hydrogen-bond donors (Lipinski definition) is 0. The molecule has 0 atom stereocenters. The first kappa shape index (κ1) is 13.0. The lowest BCUT2D eigenvalue weighted by Crippen LogP contribution is -2.24. The number of carbonyl (C=O) groups is 1. The molecule has 0 radical (unpaired) electrons. The second kappa shape index (κ2) is 4.84. The molecule has 0 saturated carbocycles. The Bertz CT molecular complexity index is 481. The van der Waals surface area contributed by atoms with E-state index in [1.165, 1.54) is 7.05 Å². The Hall–Kier alpha value is -1.07. The van der Waals surface area contributed by atoms with E-state index >= 15 is 0 Å². The highest BCUT2D eigenvalue weighted by Gasteiger charge is 2.12. The molecule has 0 aliphatic carbocycles. The van der Waals surface area contributed by atoms with E-state index in [-0.39, 0.29) is 11.7 Å². The molecule has 0 unspecified atom stereocenters. The number of hydrogen-bond acceptors (Lipinski definition) is 3. The zero-order valence-corrected chi connectivity index (χ0v) is 10.5. The van der Waals surface area contributed by atoms with E-state index in [4.69, 9.17) is 11.6 Å². The zero-order valence-electron chi connectivity index (χ0n) is 8.97. The van der Waals surface area contributed by atoms with Gasteiger partial charge in [-0.25, -0.2) is 8.42 Å². The smallest absolute Gasteiger partial charge is 0.231 e. The number of nitrogens with zero attached hydrogens (tertiary/aromatic N) is 1. The van der Waals surface area contributed by atoms with Crippen molar-refractivity contribution in [2.24, 2.45) is 0 Å². The predicted octanol–water partition coefficient (Wildman–Crippen LogP) is 1.50. The molecule has 88 valence electrons. The van der Waals surface area contributed by atoms with Crippen molar-refractivity contribution < 1.29 is 13.2 Å². The van der Waals surface area contributed by atoms with Gasteiger partial charge in [-0.15, -0.1) is 11.6 Å². The van der Waals surface area contributed by atoms with Crippen LogP contribution in [0.5, 0.6) is 0 Å². The summed E-state index contributed by atoms with van der Waals surface area (Å²) in [5.74, 6) is -0.267. The van der Waals surface area contributed by atoms with Crippen LogP contribution in [0, 0.1) is 0 Å². The number of carbonyl (C=O) groups excluding carboxylic acids is 1. The molecule has 16 heavy (non-hydrogen) atoms. The minimum absolute atomic E-state index is 0.0821. The summed E-state index contributed by atoms with van der Waals surface area (Å²) in [5.41, 5.74) is 0.981. The van der Waals surface area contributed by atoms with Gasteiger partial charge in [-0.1, -0.05) is 0 Å². The highest BCUT2D eigenvalue weighted by molar-refractivity contribution is 7.92. The number of ketones is 1. The van der Waals surface area contributed by atoms with Crippen LogP contribution >= 0.6 is 11.6 Å². The summed E-state index contributed by atoms with van der Waals surface area (Å²) in [4.78, 5) is 11.2. The quantitative estimate of drug-likeness (QED) is 0.610. The SMILES string of the molecule is CN(c1ccc(C(=O)CCl)cc1)S(C)(=O)=O. The molecule has 4 nitrogen and oxygen atoms in total. The van der Waals surface area contributed by atoms with Gasteiger partial charge in [-0.05, 0) is 24.3 Å². The van der Waals surface area contributed by atoms with Crippen molar-refractivity contribution in [3.05, 3.63) is 29.8 Å². The predicted molar refractivity (Wildman–Crippen MR) is 64.7 cm³/mol. The average Bonchev–Trinajstić information content (AvgIpc) is 2.26. The fourth-order valence-electron chi connectivity index (χ4n) is 1.13. The van der Waals surface area contributed by atoms with Crippen LogP contribution in [-0.4, -0.2) is 33.4 Å². The van der Waals surface area contributed by atoms with Crippen molar-refractivity contribution in [3.63, 3.8) is 0 Å². The van der Waals surface area contributed by atoms with Gasteiger partial charge < -0.3 is 0 Å². The van der Waals surface area contributed by atoms with E-state index in [2.05, 4.69) is 0 Å². The molecule has 0 fully saturated rings. The Morgan fingerprint density at radius 1 is 1.31 bits per heavy atom. The molecule has 0 spiro atoms. The van der Waals surface area contributed by atoms with Crippen LogP contribution in [0.4, 0.5) is 5.69 Å². The summed E-state index contributed by atoms with van der Waals surface area (Å²) in [5, 5.41) is 0. The molecule has 0 bridgehead atoms. The average molecular weight is 262 g/mol. The third-order valence-electron chi connectivity index (χ3n) is 2.17. The topological polar surface area (TPSA) is 54.5 Å². The van der Waals surface area contributed by atoms with Gasteiger partial charge >= 0.3 is 0 Å². The van der Waals surface area contributed by atoms with Gasteiger partial charge in [0.2, 0.25) is 10.0 Å². The number of anilines is 1. The van der Waals surface area contributed by atoms with Crippen LogP contribution < -0.4 is 4.31 Å². The number of Topliss-reactive ketones (excluding diaryl/α,β-unsaturated/α-hetero) is 1. The van der Waals surface area contributed by atoms with Gasteiger partial charge in [-0.3, -0.25) is 9.10 Å². The second-order valence-corrected chi connectivity index (χ2v) is 5.62. The molecular formula is C10H12ClNO3S. The second-order valence-electron chi connectivity index (χ2n) is 3.33. The van der Waals surface area contributed by atoms with Crippen LogP contribution in [0.15, 0.2) is 24.3 Å². The standard InChI is InChI=1S/C10H12ClNO3S/c1-12(16(2,14)15)9-5-3-8(4-6-9)10(13)7-11/h3-6H,7H2,1-2H3. The van der Waals surface area contributed by atoms with Crippen molar-refractivity contribution in [1.82, 2.24) is 0 Å². The Morgan fingerprint density at radius 2 is 1.81 bits per heavy atom. The van der Waals surface area contributed by atoms with Crippen LogP contribution in [0.3, 0.4) is 0 Å². The summed E-state index contributed by atoms with van der Waals surface area (Å²) >= 11 is 5.41. The lowest BCUT2D eigenvalue weighted by molar-refractivity contribution is 0.102. The minimum Gasteiger partial charge on any atom is -0.293 e. The van der Waals surface area contributed by atoms with Crippen LogP contribution in [0.1, 0.15) is 10.4 Å². The van der Waals surface area contributed by atoms with Crippen molar-refractivity contribution in [3.8, 4) is 0 Å². The van der Waals surface area contributed by atoms with Crippen molar-refractivity contribution in [2.45, 2.75) is 0 Å². The minimum atomic E-state index is -3.27. The first-order valence-electron chi connectivity index (χ1n) is 4.49. The largest absolute Gasteiger partial charge is 0.293 e. The number of alkyl halides is 1. The summed E-state index contributed by atoms with van der Waals surface area (Å²) in [6.45, 7) is 0. The lowest BCUT2D eigenvalue weighted by atomic mass is 10.1. The molecule has 0 aliphatic heterocycles. The monoisotopic (exact) mass is 261 g/mol. The van der Waals surface area contributed by atoms with E-state index in [1.54, 1.807) is 24.3 Å². The molecule has 0 N–H and O–H groups in total. The summed E-state index contributed by atoms with van der Waals surface area (Å²) in [6.07, 6.45) is 1.12. The first-order valence-corrected chi connectivity index (χ1v) is 6.87.